The van der Waals surface area contributed by atoms with E-state index < -0.39 is 6.09 Å². The van der Waals surface area contributed by atoms with Crippen LogP contribution in [0.3, 0.4) is 0 Å². The van der Waals surface area contributed by atoms with E-state index in [9.17, 15) is 14.7 Å². The standard InChI is InChI=1S/C13H12N2O3/c16-12-10-5-1-2-6-11(10)15(13(17)18)8-9-4-3-7-14(9)12/h1-3,5-7,9H,4,8H2,(H,17,18). The molecule has 0 aromatic heterocycles. The van der Waals surface area contributed by atoms with Crippen molar-refractivity contribution >= 4 is 17.7 Å². The van der Waals surface area contributed by atoms with Crippen molar-refractivity contribution < 1.29 is 14.7 Å². The summed E-state index contributed by atoms with van der Waals surface area (Å²) in [5.74, 6) is -0.131. The third kappa shape index (κ3) is 1.48. The molecule has 92 valence electrons. The Kier molecular flexibility index (Phi) is 2.33. The van der Waals surface area contributed by atoms with Gasteiger partial charge in [-0.25, -0.2) is 4.79 Å². The van der Waals surface area contributed by atoms with E-state index in [-0.39, 0.29) is 11.9 Å². The second kappa shape index (κ2) is 3.87. The monoisotopic (exact) mass is 244 g/mol. The van der Waals surface area contributed by atoms with Gasteiger partial charge in [-0.2, -0.15) is 0 Å². The number of nitrogens with zero attached hydrogens (tertiary/aromatic N) is 2. The van der Waals surface area contributed by atoms with Crippen molar-refractivity contribution in [1.82, 2.24) is 4.90 Å². The molecule has 1 unspecified atom stereocenters. The van der Waals surface area contributed by atoms with E-state index in [1.54, 1.807) is 35.4 Å². The van der Waals surface area contributed by atoms with Gasteiger partial charge in [-0.05, 0) is 18.6 Å². The average molecular weight is 244 g/mol. The molecular formula is C13H12N2O3. The zero-order chi connectivity index (χ0) is 12.7. The smallest absolute Gasteiger partial charge is 0.411 e. The van der Waals surface area contributed by atoms with E-state index in [4.69, 9.17) is 0 Å². The van der Waals surface area contributed by atoms with Crippen LogP contribution in [0, 0.1) is 0 Å². The third-order valence-electron chi connectivity index (χ3n) is 3.35. The Hall–Kier alpha value is -2.30. The fourth-order valence-electron chi connectivity index (χ4n) is 2.48. The predicted molar refractivity (Wildman–Crippen MR) is 65.5 cm³/mol. The van der Waals surface area contributed by atoms with Gasteiger partial charge < -0.3 is 10.0 Å². The van der Waals surface area contributed by atoms with Crippen molar-refractivity contribution in [1.29, 1.82) is 0 Å². The van der Waals surface area contributed by atoms with Gasteiger partial charge >= 0.3 is 6.09 Å². The average Bonchev–Trinajstić information content (AvgIpc) is 2.79. The van der Waals surface area contributed by atoms with Crippen molar-refractivity contribution in [3.63, 3.8) is 0 Å². The molecule has 1 N–H and O–H groups in total. The van der Waals surface area contributed by atoms with Gasteiger partial charge in [-0.15, -0.1) is 0 Å². The number of amides is 2. The van der Waals surface area contributed by atoms with Gasteiger partial charge in [-0.1, -0.05) is 18.2 Å². The Morgan fingerprint density at radius 3 is 2.89 bits per heavy atom. The Balaban J connectivity index is 2.14. The molecule has 18 heavy (non-hydrogen) atoms. The highest BCUT2D eigenvalue weighted by Crippen LogP contribution is 2.30. The molecular weight excluding hydrogens is 232 g/mol. The predicted octanol–water partition coefficient (Wildman–Crippen LogP) is 1.91. The van der Waals surface area contributed by atoms with Gasteiger partial charge in [0.1, 0.15) is 0 Å². The number of carbonyl (C=O) groups excluding carboxylic acids is 1. The molecule has 5 nitrogen and oxygen atoms in total. The summed E-state index contributed by atoms with van der Waals surface area (Å²) in [5, 5.41) is 9.29. The summed E-state index contributed by atoms with van der Waals surface area (Å²) in [6.45, 7) is 0.311. The molecule has 0 bridgehead atoms. The number of anilines is 1. The fourth-order valence-corrected chi connectivity index (χ4v) is 2.48. The molecule has 0 saturated carbocycles. The molecule has 0 aliphatic carbocycles. The second-order valence-electron chi connectivity index (χ2n) is 4.40. The number of para-hydroxylation sites is 1. The van der Waals surface area contributed by atoms with Crippen molar-refractivity contribution in [2.45, 2.75) is 12.5 Å². The van der Waals surface area contributed by atoms with E-state index in [0.29, 0.717) is 24.2 Å². The van der Waals surface area contributed by atoms with E-state index in [1.807, 2.05) is 6.08 Å². The lowest BCUT2D eigenvalue weighted by atomic mass is 10.1. The number of carboxylic acid groups (broad SMARTS) is 1. The van der Waals surface area contributed by atoms with E-state index in [0.717, 1.165) is 0 Å². The number of carbonyl (C=O) groups is 2. The van der Waals surface area contributed by atoms with Crippen molar-refractivity contribution in [2.75, 3.05) is 11.4 Å². The summed E-state index contributed by atoms with van der Waals surface area (Å²) < 4.78 is 0. The van der Waals surface area contributed by atoms with Crippen LogP contribution in [0.25, 0.3) is 0 Å². The SMILES string of the molecule is O=C(O)N1CC2CC=CN2C(=O)c2ccccc21. The molecule has 1 aromatic rings. The van der Waals surface area contributed by atoms with Gasteiger partial charge in [0, 0.05) is 6.20 Å². The molecule has 0 saturated heterocycles. The molecule has 0 spiro atoms. The fraction of sp³-hybridized carbons (Fsp3) is 0.231. The van der Waals surface area contributed by atoms with Crippen LogP contribution in [0.5, 0.6) is 0 Å². The van der Waals surface area contributed by atoms with E-state index >= 15 is 0 Å². The van der Waals surface area contributed by atoms with Gasteiger partial charge in [0.25, 0.3) is 5.91 Å². The zero-order valence-electron chi connectivity index (χ0n) is 9.61. The highest BCUT2D eigenvalue weighted by molar-refractivity contribution is 6.05. The number of rotatable bonds is 0. The Morgan fingerprint density at radius 1 is 1.33 bits per heavy atom. The highest BCUT2D eigenvalue weighted by atomic mass is 16.4. The first-order valence-electron chi connectivity index (χ1n) is 5.77. The first-order valence-corrected chi connectivity index (χ1v) is 5.77. The van der Waals surface area contributed by atoms with Gasteiger partial charge in [0.15, 0.2) is 0 Å². The molecule has 0 radical (unpaired) electrons. The first-order chi connectivity index (χ1) is 8.68. The van der Waals surface area contributed by atoms with Crippen LogP contribution in [0.1, 0.15) is 16.8 Å². The van der Waals surface area contributed by atoms with Gasteiger partial charge in [0.05, 0.1) is 23.8 Å². The lowest BCUT2D eigenvalue weighted by molar-refractivity contribution is 0.0794. The number of benzene rings is 1. The van der Waals surface area contributed by atoms with Crippen LogP contribution in [0.4, 0.5) is 10.5 Å². The lowest BCUT2D eigenvalue weighted by Crippen LogP contribution is -2.40. The number of hydrogen-bond acceptors (Lipinski definition) is 2. The molecule has 5 heteroatoms. The van der Waals surface area contributed by atoms with Crippen molar-refractivity contribution in [3.8, 4) is 0 Å². The van der Waals surface area contributed by atoms with Crippen LogP contribution < -0.4 is 4.90 Å². The maximum absolute atomic E-state index is 12.3. The van der Waals surface area contributed by atoms with Crippen molar-refractivity contribution in [3.05, 3.63) is 42.1 Å². The quantitative estimate of drug-likeness (QED) is 0.758. The van der Waals surface area contributed by atoms with Crippen LogP contribution in [-0.4, -0.2) is 34.6 Å². The Bertz CT molecular complexity index is 553. The molecule has 0 fully saturated rings. The minimum absolute atomic E-state index is 0.0963. The molecule has 1 atom stereocenters. The summed E-state index contributed by atoms with van der Waals surface area (Å²) in [6.07, 6.45) is 3.32. The molecule has 2 aliphatic rings. The summed E-state index contributed by atoms with van der Waals surface area (Å²) in [4.78, 5) is 26.6. The minimum Gasteiger partial charge on any atom is -0.465 e. The Morgan fingerprint density at radius 2 is 2.11 bits per heavy atom. The normalized spacial score (nSPS) is 21.6. The third-order valence-corrected chi connectivity index (χ3v) is 3.35. The largest absolute Gasteiger partial charge is 0.465 e. The van der Waals surface area contributed by atoms with E-state index in [2.05, 4.69) is 0 Å². The van der Waals surface area contributed by atoms with Crippen LogP contribution >= 0.6 is 0 Å². The van der Waals surface area contributed by atoms with E-state index in [1.165, 1.54) is 4.90 Å². The minimum atomic E-state index is -1.02. The molecule has 1 aromatic carbocycles. The molecule has 2 amide bonds. The number of hydrogen-bond donors (Lipinski definition) is 1. The Labute approximate surface area is 104 Å². The van der Waals surface area contributed by atoms with Crippen LogP contribution in [0.15, 0.2) is 36.5 Å². The lowest BCUT2D eigenvalue weighted by Gasteiger charge is -2.23. The summed E-state index contributed by atoms with van der Waals surface area (Å²) in [5.41, 5.74) is 0.909. The van der Waals surface area contributed by atoms with Crippen LogP contribution in [-0.2, 0) is 0 Å². The van der Waals surface area contributed by atoms with Crippen LogP contribution in [0.2, 0.25) is 0 Å². The molecule has 2 heterocycles. The highest BCUT2D eigenvalue weighted by Gasteiger charge is 2.35. The summed E-state index contributed by atoms with van der Waals surface area (Å²) in [6, 6.07) is 6.74. The zero-order valence-corrected chi connectivity index (χ0v) is 9.61. The first kappa shape index (κ1) is 10.8. The van der Waals surface area contributed by atoms with Gasteiger partial charge in [-0.3, -0.25) is 9.69 Å². The molecule has 3 rings (SSSR count). The topological polar surface area (TPSA) is 60.9 Å². The van der Waals surface area contributed by atoms with Gasteiger partial charge in [0.2, 0.25) is 0 Å². The maximum atomic E-state index is 12.3. The molecule has 2 aliphatic heterocycles. The number of fused-ring (bicyclic) bond motifs is 2. The summed E-state index contributed by atoms with van der Waals surface area (Å²) >= 11 is 0. The summed E-state index contributed by atoms with van der Waals surface area (Å²) in [7, 11) is 0. The second-order valence-corrected chi connectivity index (χ2v) is 4.40. The maximum Gasteiger partial charge on any atom is 0.411 e. The van der Waals surface area contributed by atoms with Crippen molar-refractivity contribution in [2.24, 2.45) is 0 Å².